The van der Waals surface area contributed by atoms with Gasteiger partial charge in [0.25, 0.3) is 0 Å². The fourth-order valence-corrected chi connectivity index (χ4v) is 2.81. The third-order valence-corrected chi connectivity index (χ3v) is 3.70. The predicted molar refractivity (Wildman–Crippen MR) is 69.5 cm³/mol. The molecule has 0 spiro atoms. The van der Waals surface area contributed by atoms with Gasteiger partial charge in [0.15, 0.2) is 0 Å². The van der Waals surface area contributed by atoms with Gasteiger partial charge in [0.1, 0.15) is 5.82 Å². The van der Waals surface area contributed by atoms with Crippen LogP contribution < -0.4 is 5.32 Å². The number of hydrogen-bond donors (Lipinski definition) is 1. The molecule has 17 heavy (non-hydrogen) atoms. The van der Waals surface area contributed by atoms with Gasteiger partial charge in [-0.25, -0.2) is 4.39 Å². The summed E-state index contributed by atoms with van der Waals surface area (Å²) >= 11 is 0. The Labute approximate surface area is 103 Å². The lowest BCUT2D eigenvalue weighted by molar-refractivity contribution is 0.433. The summed E-state index contributed by atoms with van der Waals surface area (Å²) in [5.74, 6) is 0.758. The van der Waals surface area contributed by atoms with E-state index in [2.05, 4.69) is 19.2 Å². The minimum atomic E-state index is -0.0825. The summed E-state index contributed by atoms with van der Waals surface area (Å²) in [5, 5.41) is 3.62. The Kier molecular flexibility index (Phi) is 4.16. The molecule has 1 fully saturated rings. The zero-order valence-corrected chi connectivity index (χ0v) is 10.7. The zero-order chi connectivity index (χ0) is 12.3. The molecule has 1 nitrogen and oxygen atoms in total. The van der Waals surface area contributed by atoms with E-state index in [0.29, 0.717) is 12.1 Å². The molecular formula is C15H22FN. The van der Waals surface area contributed by atoms with E-state index in [1.165, 1.54) is 19.3 Å². The largest absolute Gasteiger partial charge is 0.311 e. The van der Waals surface area contributed by atoms with Crippen LogP contribution in [0.15, 0.2) is 24.3 Å². The lowest BCUT2D eigenvalue weighted by Gasteiger charge is -2.19. The Morgan fingerprint density at radius 1 is 1.35 bits per heavy atom. The highest BCUT2D eigenvalue weighted by Gasteiger charge is 2.22. The third-order valence-electron chi connectivity index (χ3n) is 3.70. The van der Waals surface area contributed by atoms with Gasteiger partial charge in [-0.2, -0.15) is 0 Å². The van der Waals surface area contributed by atoms with Crippen LogP contribution in [0, 0.1) is 11.7 Å². The Hall–Kier alpha value is -0.890. The minimum absolute atomic E-state index is 0.0825. The molecule has 2 rings (SSSR count). The van der Waals surface area contributed by atoms with Crippen molar-refractivity contribution in [3.05, 3.63) is 35.6 Å². The lowest BCUT2D eigenvalue weighted by atomic mass is 10.1. The Morgan fingerprint density at radius 2 is 2.12 bits per heavy atom. The molecule has 0 aromatic heterocycles. The molecule has 0 radical (unpaired) electrons. The summed E-state index contributed by atoms with van der Waals surface area (Å²) in [4.78, 5) is 0. The molecular weight excluding hydrogens is 213 g/mol. The van der Waals surface area contributed by atoms with Crippen LogP contribution in [0.5, 0.6) is 0 Å². The van der Waals surface area contributed by atoms with E-state index in [-0.39, 0.29) is 5.82 Å². The van der Waals surface area contributed by atoms with Crippen molar-refractivity contribution in [3.63, 3.8) is 0 Å². The van der Waals surface area contributed by atoms with Gasteiger partial charge in [0.2, 0.25) is 0 Å². The van der Waals surface area contributed by atoms with Gasteiger partial charge in [0, 0.05) is 12.1 Å². The van der Waals surface area contributed by atoms with Gasteiger partial charge in [-0.05, 0) is 50.2 Å². The summed E-state index contributed by atoms with van der Waals surface area (Å²) in [6, 6.07) is 8.05. The van der Waals surface area contributed by atoms with Crippen LogP contribution >= 0.6 is 0 Å². The van der Waals surface area contributed by atoms with Crippen molar-refractivity contribution in [3.8, 4) is 0 Å². The third kappa shape index (κ3) is 3.53. The number of halogens is 1. The first kappa shape index (κ1) is 12.6. The normalized spacial score (nSPS) is 26.1. The zero-order valence-electron chi connectivity index (χ0n) is 10.7. The second-order valence-electron chi connectivity index (χ2n) is 5.48. The van der Waals surface area contributed by atoms with Crippen LogP contribution in [0.4, 0.5) is 4.39 Å². The molecule has 0 aliphatic heterocycles. The molecule has 1 aliphatic carbocycles. The van der Waals surface area contributed by atoms with Crippen LogP contribution in [-0.4, -0.2) is 12.1 Å². The monoisotopic (exact) mass is 235 g/mol. The van der Waals surface area contributed by atoms with E-state index in [9.17, 15) is 4.39 Å². The summed E-state index contributed by atoms with van der Waals surface area (Å²) < 4.78 is 13.5. The smallest absolute Gasteiger partial charge is 0.126 e. The first-order chi connectivity index (χ1) is 8.15. The fourth-order valence-electron chi connectivity index (χ4n) is 2.81. The number of hydrogen-bond acceptors (Lipinski definition) is 1. The summed E-state index contributed by atoms with van der Waals surface area (Å²) in [6.45, 7) is 4.46. The van der Waals surface area contributed by atoms with Crippen molar-refractivity contribution in [1.82, 2.24) is 5.32 Å². The standard InChI is InChI=1S/C15H22FN/c1-11-7-8-14(9-11)17-12(2)10-13-5-3-4-6-15(13)16/h3-6,11-12,14,17H,7-10H2,1-2H3. The minimum Gasteiger partial charge on any atom is -0.311 e. The second kappa shape index (κ2) is 5.63. The van der Waals surface area contributed by atoms with Gasteiger partial charge in [-0.3, -0.25) is 0 Å². The average molecular weight is 235 g/mol. The molecule has 0 heterocycles. The van der Waals surface area contributed by atoms with E-state index in [1.807, 2.05) is 12.1 Å². The van der Waals surface area contributed by atoms with Crippen LogP contribution in [0.1, 0.15) is 38.7 Å². The van der Waals surface area contributed by atoms with Crippen molar-refractivity contribution >= 4 is 0 Å². The maximum Gasteiger partial charge on any atom is 0.126 e. The van der Waals surface area contributed by atoms with Crippen LogP contribution in [-0.2, 0) is 6.42 Å². The van der Waals surface area contributed by atoms with Crippen molar-refractivity contribution in [2.75, 3.05) is 0 Å². The van der Waals surface area contributed by atoms with Crippen LogP contribution in [0.2, 0.25) is 0 Å². The molecule has 1 aromatic carbocycles. The number of benzene rings is 1. The molecule has 0 bridgehead atoms. The van der Waals surface area contributed by atoms with Gasteiger partial charge in [-0.1, -0.05) is 25.1 Å². The molecule has 3 unspecified atom stereocenters. The molecule has 0 amide bonds. The maximum atomic E-state index is 13.5. The van der Waals surface area contributed by atoms with Gasteiger partial charge in [-0.15, -0.1) is 0 Å². The first-order valence-corrected chi connectivity index (χ1v) is 6.64. The number of nitrogens with one attached hydrogen (secondary N) is 1. The maximum absolute atomic E-state index is 13.5. The average Bonchev–Trinajstić information content (AvgIpc) is 2.67. The van der Waals surface area contributed by atoms with Crippen molar-refractivity contribution < 1.29 is 4.39 Å². The van der Waals surface area contributed by atoms with Gasteiger partial charge < -0.3 is 5.32 Å². The van der Waals surface area contributed by atoms with Gasteiger partial charge >= 0.3 is 0 Å². The highest BCUT2D eigenvalue weighted by Crippen LogP contribution is 2.25. The molecule has 1 aromatic rings. The summed E-state index contributed by atoms with van der Waals surface area (Å²) in [5.41, 5.74) is 0.818. The highest BCUT2D eigenvalue weighted by molar-refractivity contribution is 5.18. The second-order valence-corrected chi connectivity index (χ2v) is 5.48. The Bertz CT molecular complexity index is 364. The molecule has 0 saturated heterocycles. The van der Waals surface area contributed by atoms with E-state index < -0.39 is 0 Å². The van der Waals surface area contributed by atoms with Crippen LogP contribution in [0.3, 0.4) is 0 Å². The number of rotatable bonds is 4. The van der Waals surface area contributed by atoms with Crippen molar-refractivity contribution in [2.24, 2.45) is 5.92 Å². The molecule has 94 valence electrons. The molecule has 2 heteroatoms. The van der Waals surface area contributed by atoms with E-state index in [4.69, 9.17) is 0 Å². The SMILES string of the molecule is CC1CCC(NC(C)Cc2ccccc2F)C1. The fraction of sp³-hybridized carbons (Fsp3) is 0.600. The highest BCUT2D eigenvalue weighted by atomic mass is 19.1. The summed E-state index contributed by atoms with van der Waals surface area (Å²) in [6.07, 6.45) is 4.63. The van der Waals surface area contributed by atoms with Gasteiger partial charge in [0.05, 0.1) is 0 Å². The lowest BCUT2D eigenvalue weighted by Crippen LogP contribution is -2.36. The van der Waals surface area contributed by atoms with Crippen LogP contribution in [0.25, 0.3) is 0 Å². The molecule has 1 aliphatic rings. The molecule has 3 atom stereocenters. The van der Waals surface area contributed by atoms with E-state index in [1.54, 1.807) is 12.1 Å². The first-order valence-electron chi connectivity index (χ1n) is 6.64. The van der Waals surface area contributed by atoms with Crippen molar-refractivity contribution in [2.45, 2.75) is 51.6 Å². The van der Waals surface area contributed by atoms with Crippen molar-refractivity contribution in [1.29, 1.82) is 0 Å². The Balaban J connectivity index is 1.85. The summed E-state index contributed by atoms with van der Waals surface area (Å²) in [7, 11) is 0. The topological polar surface area (TPSA) is 12.0 Å². The van der Waals surface area contributed by atoms with E-state index >= 15 is 0 Å². The quantitative estimate of drug-likeness (QED) is 0.841. The molecule has 1 N–H and O–H groups in total. The molecule has 1 saturated carbocycles. The Morgan fingerprint density at radius 3 is 2.76 bits per heavy atom. The predicted octanol–water partition coefficient (Wildman–Crippen LogP) is 3.53. The van der Waals surface area contributed by atoms with E-state index in [0.717, 1.165) is 17.9 Å².